The molecule has 8 nitrogen and oxygen atoms in total. The number of rotatable bonds is 2. The molecule has 0 aromatic heterocycles. The number of fused-ring (bicyclic) bond motifs is 1. The maximum absolute atomic E-state index is 13.4. The number of nitrogens with zero attached hydrogens (tertiary/aromatic N) is 2. The zero-order chi connectivity index (χ0) is 20.2. The average molecular weight is 397 g/mol. The van der Waals surface area contributed by atoms with Crippen LogP contribution in [0.5, 0.6) is 5.75 Å². The third-order valence-electron chi connectivity index (χ3n) is 5.26. The van der Waals surface area contributed by atoms with Gasteiger partial charge in [-0.3, -0.25) is 10.0 Å². The van der Waals surface area contributed by atoms with Crippen molar-refractivity contribution in [2.24, 2.45) is 0 Å². The molecule has 2 aromatic carbocycles. The molecule has 4 rings (SSSR count). The van der Waals surface area contributed by atoms with Crippen molar-refractivity contribution in [2.45, 2.75) is 12.6 Å². The SMILES string of the molecule is O=C(NO)c1ccc2c(c1)OC[C@H](c1ccccc1)N(C(=O)N1CCOCC1)C2. The first kappa shape index (κ1) is 19.2. The Morgan fingerprint density at radius 3 is 2.55 bits per heavy atom. The minimum atomic E-state index is -0.610. The third kappa shape index (κ3) is 4.03. The van der Waals surface area contributed by atoms with Crippen LogP contribution in [0.4, 0.5) is 4.79 Å². The van der Waals surface area contributed by atoms with Gasteiger partial charge in [-0.05, 0) is 17.7 Å². The van der Waals surface area contributed by atoms with Crippen LogP contribution in [-0.2, 0) is 11.3 Å². The second kappa shape index (κ2) is 8.50. The Hall–Kier alpha value is -3.10. The van der Waals surface area contributed by atoms with E-state index >= 15 is 0 Å². The fourth-order valence-electron chi connectivity index (χ4n) is 3.67. The van der Waals surface area contributed by atoms with Crippen molar-refractivity contribution in [1.82, 2.24) is 15.3 Å². The highest BCUT2D eigenvalue weighted by Gasteiger charge is 2.33. The quantitative estimate of drug-likeness (QED) is 0.599. The van der Waals surface area contributed by atoms with Crippen molar-refractivity contribution in [1.29, 1.82) is 0 Å². The first-order valence-corrected chi connectivity index (χ1v) is 9.56. The minimum Gasteiger partial charge on any atom is -0.491 e. The molecule has 3 amide bonds. The molecule has 2 aliphatic heterocycles. The highest BCUT2D eigenvalue weighted by Crippen LogP contribution is 2.33. The Labute approximate surface area is 168 Å². The van der Waals surface area contributed by atoms with Crippen LogP contribution in [0.25, 0.3) is 0 Å². The molecular weight excluding hydrogens is 374 g/mol. The van der Waals surface area contributed by atoms with Crippen molar-refractivity contribution >= 4 is 11.9 Å². The predicted molar refractivity (Wildman–Crippen MR) is 104 cm³/mol. The van der Waals surface area contributed by atoms with Gasteiger partial charge >= 0.3 is 6.03 Å². The van der Waals surface area contributed by atoms with Gasteiger partial charge in [0.25, 0.3) is 5.91 Å². The fourth-order valence-corrected chi connectivity index (χ4v) is 3.67. The van der Waals surface area contributed by atoms with Crippen LogP contribution in [0.15, 0.2) is 48.5 Å². The lowest BCUT2D eigenvalue weighted by Gasteiger charge is -2.36. The molecule has 1 fully saturated rings. The predicted octanol–water partition coefficient (Wildman–Crippen LogP) is 2.19. The Morgan fingerprint density at radius 2 is 1.83 bits per heavy atom. The van der Waals surface area contributed by atoms with Gasteiger partial charge in [-0.25, -0.2) is 10.3 Å². The summed E-state index contributed by atoms with van der Waals surface area (Å²) in [5.74, 6) is -0.0779. The van der Waals surface area contributed by atoms with Gasteiger partial charge in [0.2, 0.25) is 0 Å². The molecule has 2 heterocycles. The molecule has 0 unspecified atom stereocenters. The van der Waals surface area contributed by atoms with Crippen LogP contribution in [0.3, 0.4) is 0 Å². The molecule has 0 saturated carbocycles. The van der Waals surface area contributed by atoms with Crippen LogP contribution in [0, 0.1) is 0 Å². The molecule has 8 heteroatoms. The van der Waals surface area contributed by atoms with E-state index in [0.29, 0.717) is 38.6 Å². The average Bonchev–Trinajstić information content (AvgIpc) is 2.98. The highest BCUT2D eigenvalue weighted by atomic mass is 16.5. The Morgan fingerprint density at radius 1 is 1.07 bits per heavy atom. The van der Waals surface area contributed by atoms with E-state index in [1.807, 2.05) is 35.2 Å². The van der Waals surface area contributed by atoms with E-state index in [1.54, 1.807) is 28.6 Å². The van der Waals surface area contributed by atoms with Crippen LogP contribution < -0.4 is 10.2 Å². The molecule has 2 aromatic rings. The lowest BCUT2D eigenvalue weighted by atomic mass is 10.1. The second-order valence-corrected chi connectivity index (χ2v) is 7.01. The first-order chi connectivity index (χ1) is 14.2. The number of hydrogen-bond acceptors (Lipinski definition) is 5. The molecule has 1 saturated heterocycles. The van der Waals surface area contributed by atoms with Gasteiger partial charge in [-0.2, -0.15) is 0 Å². The molecule has 2 aliphatic rings. The number of hydroxylamine groups is 1. The lowest BCUT2D eigenvalue weighted by molar-refractivity contribution is 0.0362. The van der Waals surface area contributed by atoms with Crippen LogP contribution >= 0.6 is 0 Å². The summed E-state index contributed by atoms with van der Waals surface area (Å²) in [6, 6.07) is 14.4. The number of carbonyl (C=O) groups excluding carboxylic acids is 2. The maximum atomic E-state index is 13.4. The zero-order valence-corrected chi connectivity index (χ0v) is 15.9. The summed E-state index contributed by atoms with van der Waals surface area (Å²) >= 11 is 0. The van der Waals surface area contributed by atoms with E-state index in [0.717, 1.165) is 11.1 Å². The normalized spacial score (nSPS) is 19.0. The summed E-state index contributed by atoms with van der Waals surface area (Å²) in [5, 5.41) is 8.89. The Kier molecular flexibility index (Phi) is 5.64. The van der Waals surface area contributed by atoms with Gasteiger partial charge in [-0.15, -0.1) is 0 Å². The number of nitrogens with one attached hydrogen (secondary N) is 1. The van der Waals surface area contributed by atoms with Crippen LogP contribution in [0.2, 0.25) is 0 Å². The molecule has 0 aliphatic carbocycles. The second-order valence-electron chi connectivity index (χ2n) is 7.01. The summed E-state index contributed by atoms with van der Waals surface area (Å²) in [6.45, 7) is 2.79. The summed E-state index contributed by atoms with van der Waals surface area (Å²) in [6.07, 6.45) is 0. The molecule has 0 bridgehead atoms. The molecular formula is C21H23N3O5. The van der Waals surface area contributed by atoms with Gasteiger partial charge in [-0.1, -0.05) is 36.4 Å². The van der Waals surface area contributed by atoms with E-state index in [4.69, 9.17) is 14.7 Å². The fraction of sp³-hybridized carbons (Fsp3) is 0.333. The summed E-state index contributed by atoms with van der Waals surface area (Å²) < 4.78 is 11.4. The maximum Gasteiger partial charge on any atom is 0.321 e. The van der Waals surface area contributed by atoms with Gasteiger partial charge in [0.1, 0.15) is 12.4 Å². The van der Waals surface area contributed by atoms with Crippen molar-refractivity contribution in [3.8, 4) is 5.75 Å². The minimum absolute atomic E-state index is 0.0595. The van der Waals surface area contributed by atoms with Crippen LogP contribution in [0.1, 0.15) is 27.5 Å². The number of morpholine rings is 1. The van der Waals surface area contributed by atoms with E-state index < -0.39 is 5.91 Å². The van der Waals surface area contributed by atoms with Crippen molar-refractivity contribution in [3.63, 3.8) is 0 Å². The number of ether oxygens (including phenoxy) is 2. The zero-order valence-electron chi connectivity index (χ0n) is 15.9. The largest absolute Gasteiger partial charge is 0.491 e. The van der Waals surface area contributed by atoms with Gasteiger partial charge in [0.15, 0.2) is 0 Å². The number of urea groups is 1. The van der Waals surface area contributed by atoms with E-state index in [-0.39, 0.29) is 24.2 Å². The molecule has 1 atom stereocenters. The van der Waals surface area contributed by atoms with Gasteiger partial charge in [0.05, 0.1) is 25.8 Å². The highest BCUT2D eigenvalue weighted by molar-refractivity contribution is 5.93. The van der Waals surface area contributed by atoms with Crippen molar-refractivity contribution < 1.29 is 24.3 Å². The van der Waals surface area contributed by atoms with Gasteiger partial charge < -0.3 is 19.3 Å². The topological polar surface area (TPSA) is 91.3 Å². The molecule has 2 N–H and O–H groups in total. The van der Waals surface area contributed by atoms with Crippen molar-refractivity contribution in [3.05, 3.63) is 65.2 Å². The first-order valence-electron chi connectivity index (χ1n) is 9.56. The van der Waals surface area contributed by atoms with Gasteiger partial charge in [0, 0.05) is 24.2 Å². The molecule has 0 spiro atoms. The van der Waals surface area contributed by atoms with E-state index in [9.17, 15) is 9.59 Å². The standard InChI is InChI=1S/C21H23N3O5/c25-20(22-27)16-6-7-17-13-24(21(26)23-8-10-28-11-9-23)18(14-29-19(17)12-16)15-4-2-1-3-5-15/h1-7,12,18,27H,8-11,13-14H2,(H,22,25)/t18-/m1/s1. The van der Waals surface area contributed by atoms with E-state index in [1.165, 1.54) is 0 Å². The van der Waals surface area contributed by atoms with Crippen molar-refractivity contribution in [2.75, 3.05) is 32.9 Å². The third-order valence-corrected chi connectivity index (χ3v) is 5.26. The summed E-state index contributed by atoms with van der Waals surface area (Å²) in [7, 11) is 0. The lowest BCUT2D eigenvalue weighted by Crippen LogP contribution is -2.49. The van der Waals surface area contributed by atoms with Crippen LogP contribution in [-0.4, -0.2) is 59.9 Å². The van der Waals surface area contributed by atoms with E-state index in [2.05, 4.69) is 0 Å². The molecule has 152 valence electrons. The Balaban J connectivity index is 1.68. The summed E-state index contributed by atoms with van der Waals surface area (Å²) in [5.41, 5.74) is 3.71. The number of amides is 3. The number of benzene rings is 2. The molecule has 29 heavy (non-hydrogen) atoms. The smallest absolute Gasteiger partial charge is 0.321 e. The molecule has 0 radical (unpaired) electrons. The summed E-state index contributed by atoms with van der Waals surface area (Å²) in [4.78, 5) is 28.7. The number of hydrogen-bond donors (Lipinski definition) is 2. The Bertz CT molecular complexity index is 883. The monoisotopic (exact) mass is 397 g/mol. The number of carbonyl (C=O) groups is 2.